The Hall–Kier alpha value is -3.54. The van der Waals surface area contributed by atoms with Crippen LogP contribution in [0.25, 0.3) is 22.0 Å². The standard InChI is InChI=1S/C21H18N2O4/c1-3-26-16-6-4-15(5-7-16)22-20(24)19-12-14-10-13-11-17(25-2)8-9-18(13)23-21(14)27-19/h4-12H,3H2,1-2H3,(H,22,24). The van der Waals surface area contributed by atoms with Crippen molar-refractivity contribution in [1.82, 2.24) is 4.98 Å². The van der Waals surface area contributed by atoms with Gasteiger partial charge in [0.25, 0.3) is 5.91 Å². The molecule has 0 aliphatic heterocycles. The molecule has 0 saturated heterocycles. The molecule has 2 heterocycles. The van der Waals surface area contributed by atoms with Crippen molar-refractivity contribution >= 4 is 33.6 Å². The molecular formula is C21H18N2O4. The lowest BCUT2D eigenvalue weighted by atomic mass is 10.2. The summed E-state index contributed by atoms with van der Waals surface area (Å²) >= 11 is 0. The van der Waals surface area contributed by atoms with Crippen molar-refractivity contribution in [3.63, 3.8) is 0 Å². The Bertz CT molecular complexity index is 1120. The Morgan fingerprint density at radius 2 is 1.81 bits per heavy atom. The minimum atomic E-state index is -0.334. The van der Waals surface area contributed by atoms with Gasteiger partial charge in [0.15, 0.2) is 5.76 Å². The van der Waals surface area contributed by atoms with Crippen molar-refractivity contribution in [2.24, 2.45) is 0 Å². The number of furan rings is 1. The summed E-state index contributed by atoms with van der Waals surface area (Å²) in [6.07, 6.45) is 0. The minimum absolute atomic E-state index is 0.202. The molecule has 4 aromatic rings. The van der Waals surface area contributed by atoms with Crippen LogP contribution in [0, 0.1) is 0 Å². The lowest BCUT2D eigenvalue weighted by Crippen LogP contribution is -2.10. The molecule has 0 unspecified atom stereocenters. The van der Waals surface area contributed by atoms with E-state index in [0.29, 0.717) is 18.0 Å². The number of rotatable bonds is 5. The zero-order valence-electron chi connectivity index (χ0n) is 15.0. The molecule has 2 aromatic carbocycles. The molecule has 2 aromatic heterocycles. The fourth-order valence-electron chi connectivity index (χ4n) is 2.85. The van der Waals surface area contributed by atoms with E-state index in [1.54, 1.807) is 37.4 Å². The average molecular weight is 362 g/mol. The Morgan fingerprint density at radius 3 is 2.56 bits per heavy atom. The Morgan fingerprint density at radius 1 is 1.04 bits per heavy atom. The minimum Gasteiger partial charge on any atom is -0.497 e. The van der Waals surface area contributed by atoms with Crippen LogP contribution in [-0.4, -0.2) is 24.6 Å². The van der Waals surface area contributed by atoms with Crippen molar-refractivity contribution in [1.29, 1.82) is 0 Å². The number of nitrogens with one attached hydrogen (secondary N) is 1. The van der Waals surface area contributed by atoms with Crippen LogP contribution in [0.4, 0.5) is 5.69 Å². The number of nitrogens with zero attached hydrogens (tertiary/aromatic N) is 1. The van der Waals surface area contributed by atoms with Crippen molar-refractivity contribution in [3.05, 3.63) is 60.4 Å². The topological polar surface area (TPSA) is 73.6 Å². The second kappa shape index (κ2) is 6.99. The predicted molar refractivity (Wildman–Crippen MR) is 104 cm³/mol. The number of amides is 1. The van der Waals surface area contributed by atoms with E-state index in [1.807, 2.05) is 31.2 Å². The van der Waals surface area contributed by atoms with E-state index in [1.165, 1.54) is 0 Å². The van der Waals surface area contributed by atoms with Crippen LogP contribution in [0.2, 0.25) is 0 Å². The number of carbonyl (C=O) groups is 1. The number of methoxy groups -OCH3 is 1. The number of carbonyl (C=O) groups excluding carboxylic acids is 1. The zero-order valence-corrected chi connectivity index (χ0v) is 15.0. The van der Waals surface area contributed by atoms with Gasteiger partial charge in [-0.25, -0.2) is 4.98 Å². The Labute approximate surface area is 155 Å². The molecule has 0 atom stereocenters. The predicted octanol–water partition coefficient (Wildman–Crippen LogP) is 4.64. The number of ether oxygens (including phenoxy) is 2. The summed E-state index contributed by atoms with van der Waals surface area (Å²) in [5, 5.41) is 4.49. The van der Waals surface area contributed by atoms with Crippen LogP contribution < -0.4 is 14.8 Å². The molecule has 6 heteroatoms. The van der Waals surface area contributed by atoms with Gasteiger partial charge in [0, 0.05) is 16.5 Å². The lowest BCUT2D eigenvalue weighted by Gasteiger charge is -2.05. The van der Waals surface area contributed by atoms with Gasteiger partial charge < -0.3 is 19.2 Å². The third-order valence-corrected chi connectivity index (χ3v) is 4.15. The van der Waals surface area contributed by atoms with Crippen LogP contribution in [0.5, 0.6) is 11.5 Å². The van der Waals surface area contributed by atoms with E-state index < -0.39 is 0 Å². The van der Waals surface area contributed by atoms with Crippen LogP contribution in [-0.2, 0) is 0 Å². The molecular weight excluding hydrogens is 344 g/mol. The first-order chi connectivity index (χ1) is 13.2. The number of hydrogen-bond donors (Lipinski definition) is 1. The molecule has 0 bridgehead atoms. The van der Waals surface area contributed by atoms with Crippen molar-refractivity contribution in [2.75, 3.05) is 19.0 Å². The molecule has 1 amide bonds. The SMILES string of the molecule is CCOc1ccc(NC(=O)c2cc3cc4cc(OC)ccc4nc3o2)cc1. The molecule has 27 heavy (non-hydrogen) atoms. The lowest BCUT2D eigenvalue weighted by molar-refractivity contribution is 0.0998. The number of benzene rings is 2. The molecule has 4 rings (SSSR count). The molecule has 0 fully saturated rings. The van der Waals surface area contributed by atoms with E-state index >= 15 is 0 Å². The fourth-order valence-corrected chi connectivity index (χ4v) is 2.85. The van der Waals surface area contributed by atoms with Crippen LogP contribution >= 0.6 is 0 Å². The molecule has 0 saturated carbocycles. The third-order valence-electron chi connectivity index (χ3n) is 4.15. The third kappa shape index (κ3) is 3.42. The fraction of sp³-hybridized carbons (Fsp3) is 0.143. The smallest absolute Gasteiger partial charge is 0.291 e. The van der Waals surface area contributed by atoms with E-state index in [9.17, 15) is 4.79 Å². The number of aromatic nitrogens is 1. The molecule has 0 spiro atoms. The molecule has 136 valence electrons. The first kappa shape index (κ1) is 16.9. The number of fused-ring (bicyclic) bond motifs is 2. The van der Waals surface area contributed by atoms with E-state index in [2.05, 4.69) is 10.3 Å². The van der Waals surface area contributed by atoms with E-state index in [4.69, 9.17) is 13.9 Å². The first-order valence-electron chi connectivity index (χ1n) is 8.59. The number of anilines is 1. The quantitative estimate of drug-likeness (QED) is 0.560. The highest BCUT2D eigenvalue weighted by molar-refractivity contribution is 6.05. The summed E-state index contributed by atoms with van der Waals surface area (Å²) < 4.78 is 16.3. The highest BCUT2D eigenvalue weighted by Crippen LogP contribution is 2.26. The van der Waals surface area contributed by atoms with Crippen molar-refractivity contribution < 1.29 is 18.7 Å². The van der Waals surface area contributed by atoms with E-state index in [-0.39, 0.29) is 11.7 Å². The summed E-state index contributed by atoms with van der Waals surface area (Å²) in [7, 11) is 1.62. The number of pyridine rings is 1. The first-order valence-corrected chi connectivity index (χ1v) is 8.59. The second-order valence-corrected chi connectivity index (χ2v) is 5.96. The van der Waals surface area contributed by atoms with Gasteiger partial charge >= 0.3 is 0 Å². The number of hydrogen-bond acceptors (Lipinski definition) is 5. The summed E-state index contributed by atoms with van der Waals surface area (Å²) in [5.41, 5.74) is 1.85. The molecule has 0 radical (unpaired) electrons. The highest BCUT2D eigenvalue weighted by atomic mass is 16.5. The monoisotopic (exact) mass is 362 g/mol. The van der Waals surface area contributed by atoms with Crippen LogP contribution in [0.3, 0.4) is 0 Å². The summed E-state index contributed by atoms with van der Waals surface area (Å²) in [4.78, 5) is 17.0. The van der Waals surface area contributed by atoms with Gasteiger partial charge in [-0.1, -0.05) is 0 Å². The Balaban J connectivity index is 1.60. The summed E-state index contributed by atoms with van der Waals surface area (Å²) in [6, 6.07) is 16.4. The van der Waals surface area contributed by atoms with Gasteiger partial charge in [-0.05, 0) is 61.5 Å². The average Bonchev–Trinajstić information content (AvgIpc) is 3.10. The maximum absolute atomic E-state index is 12.5. The highest BCUT2D eigenvalue weighted by Gasteiger charge is 2.14. The molecule has 0 aliphatic rings. The molecule has 6 nitrogen and oxygen atoms in total. The van der Waals surface area contributed by atoms with E-state index in [0.717, 1.165) is 27.8 Å². The second-order valence-electron chi connectivity index (χ2n) is 5.96. The molecule has 0 aliphatic carbocycles. The maximum atomic E-state index is 12.5. The van der Waals surface area contributed by atoms with Crippen molar-refractivity contribution in [2.45, 2.75) is 6.92 Å². The van der Waals surface area contributed by atoms with Crippen molar-refractivity contribution in [3.8, 4) is 11.5 Å². The maximum Gasteiger partial charge on any atom is 0.291 e. The summed E-state index contributed by atoms with van der Waals surface area (Å²) in [6.45, 7) is 2.52. The van der Waals surface area contributed by atoms with Gasteiger partial charge in [0.2, 0.25) is 5.71 Å². The largest absolute Gasteiger partial charge is 0.497 e. The van der Waals surface area contributed by atoms with Gasteiger partial charge in [-0.2, -0.15) is 0 Å². The van der Waals surface area contributed by atoms with Gasteiger partial charge in [0.1, 0.15) is 11.5 Å². The molecule has 1 N–H and O–H groups in total. The summed E-state index contributed by atoms with van der Waals surface area (Å²) in [5.74, 6) is 1.37. The van der Waals surface area contributed by atoms with Crippen LogP contribution in [0.1, 0.15) is 17.5 Å². The normalized spacial score (nSPS) is 10.9. The zero-order chi connectivity index (χ0) is 18.8. The van der Waals surface area contributed by atoms with Gasteiger partial charge in [-0.3, -0.25) is 4.79 Å². The van der Waals surface area contributed by atoms with Gasteiger partial charge in [-0.15, -0.1) is 0 Å². The van der Waals surface area contributed by atoms with Crippen LogP contribution in [0.15, 0.2) is 59.0 Å². The van der Waals surface area contributed by atoms with Gasteiger partial charge in [0.05, 0.1) is 19.2 Å². The Kier molecular flexibility index (Phi) is 4.38.